The second-order valence-corrected chi connectivity index (χ2v) is 5.78. The Morgan fingerprint density at radius 3 is 2.82 bits per heavy atom. The van der Waals surface area contributed by atoms with Crippen molar-refractivity contribution in [3.05, 3.63) is 24.2 Å². The predicted octanol–water partition coefficient (Wildman–Crippen LogP) is -0.0155. The van der Waals surface area contributed by atoms with Crippen molar-refractivity contribution >= 4 is 11.8 Å². The number of amides is 2. The number of rotatable bonds is 6. The highest BCUT2D eigenvalue weighted by Gasteiger charge is 2.25. The van der Waals surface area contributed by atoms with Crippen molar-refractivity contribution in [1.29, 1.82) is 0 Å². The number of ether oxygens (including phenoxy) is 1. The number of hydrogen-bond donors (Lipinski definition) is 3. The molecule has 0 aromatic carbocycles. The molecule has 3 N–H and O–H groups in total. The topological polar surface area (TPSA) is 101 Å². The smallest absolute Gasteiger partial charge is 0.309 e. The summed E-state index contributed by atoms with van der Waals surface area (Å²) in [6.07, 6.45) is 3.61. The van der Waals surface area contributed by atoms with Crippen molar-refractivity contribution in [1.82, 2.24) is 10.6 Å². The molecule has 0 saturated carbocycles. The average Bonchev–Trinajstić information content (AvgIpc) is 3.15. The zero-order chi connectivity index (χ0) is 16.0. The first-order valence-corrected chi connectivity index (χ1v) is 7.39. The maximum absolute atomic E-state index is 11.7. The van der Waals surface area contributed by atoms with Crippen LogP contribution >= 0.6 is 0 Å². The molecule has 7 heteroatoms. The third-order valence-electron chi connectivity index (χ3n) is 3.49. The standard InChI is InChI=1S/C15H22N2O5/c1-15(20,8-11-4-2-6-21-11)10-17-14(19)13(18)16-9-12-5-3-7-22-12/h2,4,6,12,20H,3,5,7-10H2,1H3,(H,16,18)(H,17,19). The van der Waals surface area contributed by atoms with Crippen LogP contribution in [0.25, 0.3) is 0 Å². The van der Waals surface area contributed by atoms with Crippen molar-refractivity contribution in [2.75, 3.05) is 19.7 Å². The van der Waals surface area contributed by atoms with E-state index in [-0.39, 0.29) is 19.1 Å². The predicted molar refractivity (Wildman–Crippen MR) is 78.0 cm³/mol. The highest BCUT2D eigenvalue weighted by atomic mass is 16.5. The Bertz CT molecular complexity index is 492. The molecule has 2 heterocycles. The first-order valence-electron chi connectivity index (χ1n) is 7.39. The summed E-state index contributed by atoms with van der Waals surface area (Å²) in [5.41, 5.74) is -1.19. The number of aliphatic hydroxyl groups is 1. The molecule has 2 rings (SSSR count). The molecule has 1 fully saturated rings. The average molecular weight is 310 g/mol. The van der Waals surface area contributed by atoms with Gasteiger partial charge in [0.2, 0.25) is 0 Å². The molecule has 0 spiro atoms. The maximum Gasteiger partial charge on any atom is 0.309 e. The minimum Gasteiger partial charge on any atom is -0.469 e. The summed E-state index contributed by atoms with van der Waals surface area (Å²) < 4.78 is 10.5. The first kappa shape index (κ1) is 16.5. The van der Waals surface area contributed by atoms with Gasteiger partial charge in [-0.05, 0) is 31.9 Å². The lowest BCUT2D eigenvalue weighted by molar-refractivity contribution is -0.140. The van der Waals surface area contributed by atoms with Crippen LogP contribution in [0.15, 0.2) is 22.8 Å². The van der Waals surface area contributed by atoms with Gasteiger partial charge in [0.05, 0.1) is 18.0 Å². The number of carbonyl (C=O) groups is 2. The molecule has 1 saturated heterocycles. The fourth-order valence-corrected chi connectivity index (χ4v) is 2.29. The SMILES string of the molecule is CC(O)(CNC(=O)C(=O)NCC1CCCO1)Cc1ccco1. The summed E-state index contributed by atoms with van der Waals surface area (Å²) in [6.45, 7) is 2.55. The molecule has 22 heavy (non-hydrogen) atoms. The van der Waals surface area contributed by atoms with E-state index in [0.29, 0.717) is 18.9 Å². The summed E-state index contributed by atoms with van der Waals surface area (Å²) in [6, 6.07) is 3.47. The van der Waals surface area contributed by atoms with Gasteiger partial charge < -0.3 is 24.9 Å². The van der Waals surface area contributed by atoms with Gasteiger partial charge in [0, 0.05) is 26.1 Å². The van der Waals surface area contributed by atoms with Gasteiger partial charge in [0.1, 0.15) is 5.76 Å². The number of furan rings is 1. The van der Waals surface area contributed by atoms with Crippen LogP contribution in [0.2, 0.25) is 0 Å². The molecule has 1 aliphatic rings. The Labute approximate surface area is 129 Å². The molecule has 0 bridgehead atoms. The summed E-state index contributed by atoms with van der Waals surface area (Å²) in [4.78, 5) is 23.4. The lowest BCUT2D eigenvalue weighted by Crippen LogP contribution is -2.48. The Balaban J connectivity index is 1.70. The number of carbonyl (C=O) groups excluding carboxylic acids is 2. The van der Waals surface area contributed by atoms with E-state index in [1.165, 1.54) is 6.26 Å². The molecule has 1 aromatic heterocycles. The van der Waals surface area contributed by atoms with Crippen LogP contribution in [0.1, 0.15) is 25.5 Å². The minimum atomic E-state index is -1.19. The van der Waals surface area contributed by atoms with Crippen molar-refractivity contribution in [3.8, 4) is 0 Å². The van der Waals surface area contributed by atoms with Gasteiger partial charge in [-0.2, -0.15) is 0 Å². The molecule has 0 aliphatic carbocycles. The van der Waals surface area contributed by atoms with Gasteiger partial charge in [-0.3, -0.25) is 9.59 Å². The van der Waals surface area contributed by atoms with Crippen LogP contribution < -0.4 is 10.6 Å². The van der Waals surface area contributed by atoms with Gasteiger partial charge in [-0.25, -0.2) is 0 Å². The summed E-state index contributed by atoms with van der Waals surface area (Å²) in [7, 11) is 0. The van der Waals surface area contributed by atoms with Crippen LogP contribution in [0.5, 0.6) is 0 Å². The molecule has 1 aromatic rings. The van der Waals surface area contributed by atoms with Crippen LogP contribution in [-0.4, -0.2) is 48.3 Å². The third-order valence-corrected chi connectivity index (χ3v) is 3.49. The quantitative estimate of drug-likeness (QED) is 0.641. The molecule has 2 atom stereocenters. The van der Waals surface area contributed by atoms with E-state index in [0.717, 1.165) is 12.8 Å². The van der Waals surface area contributed by atoms with Crippen molar-refractivity contribution < 1.29 is 23.8 Å². The zero-order valence-corrected chi connectivity index (χ0v) is 12.6. The van der Waals surface area contributed by atoms with Crippen molar-refractivity contribution in [2.24, 2.45) is 0 Å². The summed E-state index contributed by atoms with van der Waals surface area (Å²) >= 11 is 0. The van der Waals surface area contributed by atoms with Gasteiger partial charge in [0.25, 0.3) is 0 Å². The highest BCUT2D eigenvalue weighted by Crippen LogP contribution is 2.13. The van der Waals surface area contributed by atoms with E-state index in [1.807, 2.05) is 0 Å². The van der Waals surface area contributed by atoms with Gasteiger partial charge in [0.15, 0.2) is 0 Å². The maximum atomic E-state index is 11.7. The van der Waals surface area contributed by atoms with E-state index in [1.54, 1.807) is 19.1 Å². The van der Waals surface area contributed by atoms with Crippen LogP contribution in [-0.2, 0) is 20.7 Å². The lowest BCUT2D eigenvalue weighted by atomic mass is 10.0. The molecular formula is C15H22N2O5. The monoisotopic (exact) mass is 310 g/mol. The molecule has 2 amide bonds. The summed E-state index contributed by atoms with van der Waals surface area (Å²) in [5, 5.41) is 15.2. The van der Waals surface area contributed by atoms with Crippen LogP contribution in [0, 0.1) is 0 Å². The Morgan fingerprint density at radius 2 is 2.18 bits per heavy atom. The van der Waals surface area contributed by atoms with E-state index < -0.39 is 17.4 Å². The normalized spacial score (nSPS) is 20.4. The Kier molecular flexibility index (Phi) is 5.57. The second kappa shape index (κ2) is 7.42. The van der Waals surface area contributed by atoms with E-state index in [4.69, 9.17) is 9.15 Å². The fraction of sp³-hybridized carbons (Fsp3) is 0.600. The first-order chi connectivity index (χ1) is 10.5. The molecule has 2 unspecified atom stereocenters. The number of hydrogen-bond acceptors (Lipinski definition) is 5. The van der Waals surface area contributed by atoms with E-state index >= 15 is 0 Å². The Morgan fingerprint density at radius 1 is 1.41 bits per heavy atom. The van der Waals surface area contributed by atoms with Crippen molar-refractivity contribution in [3.63, 3.8) is 0 Å². The van der Waals surface area contributed by atoms with Crippen molar-refractivity contribution in [2.45, 2.75) is 37.9 Å². The molecule has 0 radical (unpaired) electrons. The zero-order valence-electron chi connectivity index (χ0n) is 12.6. The van der Waals surface area contributed by atoms with E-state index in [2.05, 4.69) is 10.6 Å². The third kappa shape index (κ3) is 5.16. The van der Waals surface area contributed by atoms with Crippen LogP contribution in [0.3, 0.4) is 0 Å². The minimum absolute atomic E-state index is 0.0150. The molecular weight excluding hydrogens is 288 g/mol. The summed E-state index contributed by atoms with van der Waals surface area (Å²) in [5.74, 6) is -0.871. The number of nitrogens with one attached hydrogen (secondary N) is 2. The van der Waals surface area contributed by atoms with Gasteiger partial charge >= 0.3 is 11.8 Å². The largest absolute Gasteiger partial charge is 0.469 e. The second-order valence-electron chi connectivity index (χ2n) is 5.78. The molecule has 122 valence electrons. The fourth-order valence-electron chi connectivity index (χ4n) is 2.29. The molecule has 7 nitrogen and oxygen atoms in total. The highest BCUT2D eigenvalue weighted by molar-refractivity contribution is 6.35. The molecule has 1 aliphatic heterocycles. The Hall–Kier alpha value is -1.86. The lowest BCUT2D eigenvalue weighted by Gasteiger charge is -2.22. The van der Waals surface area contributed by atoms with Gasteiger partial charge in [-0.1, -0.05) is 0 Å². The van der Waals surface area contributed by atoms with E-state index in [9.17, 15) is 14.7 Å². The van der Waals surface area contributed by atoms with Gasteiger partial charge in [-0.15, -0.1) is 0 Å². The van der Waals surface area contributed by atoms with Crippen LogP contribution in [0.4, 0.5) is 0 Å².